The van der Waals surface area contributed by atoms with Crippen LogP contribution < -0.4 is 0 Å². The lowest BCUT2D eigenvalue weighted by Gasteiger charge is -2.40. The molecule has 0 aromatic rings. The Morgan fingerprint density at radius 2 is 1.08 bits per heavy atom. The van der Waals surface area contributed by atoms with Gasteiger partial charge in [-0.1, -0.05) is 38.5 Å². The summed E-state index contributed by atoms with van der Waals surface area (Å²) in [6.07, 6.45) is 20.9. The van der Waals surface area contributed by atoms with Gasteiger partial charge in [0.1, 0.15) is 0 Å². The molecule has 0 saturated heterocycles. The van der Waals surface area contributed by atoms with E-state index >= 15 is 0 Å². The molecule has 4 aliphatic rings. The summed E-state index contributed by atoms with van der Waals surface area (Å²) in [5.41, 5.74) is 0. The standard InChI is InChI=1S/C23H32I2O/c24-22(19-9-17(10-19)7-15-3-1-4-15)13-21(26)14-23(25)20-11-18(12-20)8-16-5-2-6-16/h13-20H,1-12H2. The molecule has 0 aromatic carbocycles. The fourth-order valence-electron chi connectivity index (χ4n) is 5.26. The number of carbonyl (C=O) groups excluding carboxylic acids is 1. The molecule has 26 heavy (non-hydrogen) atoms. The van der Waals surface area contributed by atoms with E-state index in [2.05, 4.69) is 45.2 Å². The highest BCUT2D eigenvalue weighted by Gasteiger charge is 2.35. The highest BCUT2D eigenvalue weighted by molar-refractivity contribution is 14.1. The fraction of sp³-hybridized carbons (Fsp3) is 0.783. The van der Waals surface area contributed by atoms with Crippen LogP contribution in [-0.4, -0.2) is 5.78 Å². The van der Waals surface area contributed by atoms with Gasteiger partial charge in [0.2, 0.25) is 0 Å². The largest absolute Gasteiger partial charge is 0.290 e. The number of hydrogen-bond acceptors (Lipinski definition) is 1. The van der Waals surface area contributed by atoms with E-state index < -0.39 is 0 Å². The quantitative estimate of drug-likeness (QED) is 0.214. The maximum atomic E-state index is 12.4. The first-order valence-corrected chi connectivity index (χ1v) is 13.0. The molecule has 0 atom stereocenters. The lowest BCUT2D eigenvalue weighted by molar-refractivity contribution is -0.110. The monoisotopic (exact) mass is 578 g/mol. The first-order chi connectivity index (χ1) is 12.6. The minimum absolute atomic E-state index is 0.226. The predicted octanol–water partition coefficient (Wildman–Crippen LogP) is 7.63. The molecule has 0 amide bonds. The Labute approximate surface area is 186 Å². The van der Waals surface area contributed by atoms with E-state index in [1.165, 1.54) is 84.2 Å². The molecule has 0 radical (unpaired) electrons. The zero-order valence-corrected chi connectivity index (χ0v) is 20.1. The molecule has 0 heterocycles. The van der Waals surface area contributed by atoms with Gasteiger partial charge in [-0.15, -0.1) is 0 Å². The second-order valence-electron chi connectivity index (χ2n) is 9.59. The minimum atomic E-state index is 0.226. The van der Waals surface area contributed by atoms with Gasteiger partial charge in [0.05, 0.1) is 0 Å². The minimum Gasteiger partial charge on any atom is -0.290 e. The Balaban J connectivity index is 1.17. The van der Waals surface area contributed by atoms with Gasteiger partial charge in [-0.25, -0.2) is 0 Å². The Morgan fingerprint density at radius 3 is 1.38 bits per heavy atom. The number of rotatable bonds is 8. The number of ketones is 1. The van der Waals surface area contributed by atoms with Crippen LogP contribution in [0.4, 0.5) is 0 Å². The predicted molar refractivity (Wildman–Crippen MR) is 126 cm³/mol. The summed E-state index contributed by atoms with van der Waals surface area (Å²) in [6.45, 7) is 0. The van der Waals surface area contributed by atoms with Gasteiger partial charge < -0.3 is 0 Å². The molecule has 144 valence electrons. The van der Waals surface area contributed by atoms with Crippen LogP contribution in [0.1, 0.15) is 77.0 Å². The van der Waals surface area contributed by atoms with Crippen LogP contribution in [0.25, 0.3) is 0 Å². The van der Waals surface area contributed by atoms with Crippen molar-refractivity contribution in [2.24, 2.45) is 35.5 Å². The van der Waals surface area contributed by atoms with E-state index in [0.717, 1.165) is 23.7 Å². The van der Waals surface area contributed by atoms with Gasteiger partial charge in [0.25, 0.3) is 0 Å². The Hall–Kier alpha value is 0.610. The molecule has 0 aromatic heterocycles. The van der Waals surface area contributed by atoms with Crippen LogP contribution in [0.15, 0.2) is 19.3 Å². The van der Waals surface area contributed by atoms with Crippen LogP contribution in [0, 0.1) is 35.5 Å². The highest BCUT2D eigenvalue weighted by Crippen LogP contribution is 2.48. The SMILES string of the molecule is O=C(C=C(I)C1CC(CC2CCC2)C1)C=C(I)C1CC(CC2CCC2)C1. The van der Waals surface area contributed by atoms with Crippen molar-refractivity contribution in [2.75, 3.05) is 0 Å². The third-order valence-electron chi connectivity index (χ3n) is 7.59. The summed E-state index contributed by atoms with van der Waals surface area (Å²) in [5, 5.41) is 0. The highest BCUT2D eigenvalue weighted by atomic mass is 127. The molecule has 1 nitrogen and oxygen atoms in total. The Bertz CT molecular complexity index is 523. The summed E-state index contributed by atoms with van der Waals surface area (Å²) in [4.78, 5) is 12.4. The molecule has 4 saturated carbocycles. The van der Waals surface area contributed by atoms with Crippen LogP contribution in [0.2, 0.25) is 0 Å². The summed E-state index contributed by atoms with van der Waals surface area (Å²) in [5.74, 6) is 5.52. The summed E-state index contributed by atoms with van der Waals surface area (Å²) >= 11 is 4.85. The van der Waals surface area contributed by atoms with Crippen molar-refractivity contribution in [2.45, 2.75) is 77.0 Å². The van der Waals surface area contributed by atoms with E-state index in [1.54, 1.807) is 0 Å². The normalized spacial score (nSPS) is 35.9. The molecule has 0 aliphatic heterocycles. The maximum absolute atomic E-state index is 12.4. The van der Waals surface area contributed by atoms with E-state index in [0.29, 0.717) is 11.8 Å². The number of allylic oxidation sites excluding steroid dienone is 4. The van der Waals surface area contributed by atoms with Crippen molar-refractivity contribution >= 4 is 51.0 Å². The average molecular weight is 578 g/mol. The number of halogens is 2. The summed E-state index contributed by atoms with van der Waals surface area (Å²) in [7, 11) is 0. The Kier molecular flexibility index (Phi) is 6.86. The van der Waals surface area contributed by atoms with Gasteiger partial charge in [-0.2, -0.15) is 0 Å². The van der Waals surface area contributed by atoms with E-state index in [-0.39, 0.29) is 5.78 Å². The van der Waals surface area contributed by atoms with Gasteiger partial charge in [0.15, 0.2) is 5.78 Å². The second-order valence-corrected chi connectivity index (χ2v) is 12.1. The molecule has 0 unspecified atom stereocenters. The lowest BCUT2D eigenvalue weighted by Crippen LogP contribution is -2.28. The maximum Gasteiger partial charge on any atom is 0.180 e. The first-order valence-electron chi connectivity index (χ1n) is 10.8. The smallest absolute Gasteiger partial charge is 0.180 e. The van der Waals surface area contributed by atoms with Crippen molar-refractivity contribution in [1.29, 1.82) is 0 Å². The first kappa shape index (κ1) is 19.9. The third kappa shape index (κ3) is 4.96. The van der Waals surface area contributed by atoms with Crippen LogP contribution in [0.5, 0.6) is 0 Å². The fourth-order valence-corrected chi connectivity index (χ4v) is 6.89. The van der Waals surface area contributed by atoms with Gasteiger partial charge in [-0.3, -0.25) is 4.79 Å². The molecule has 0 spiro atoms. The molecule has 3 heteroatoms. The Morgan fingerprint density at radius 1 is 0.692 bits per heavy atom. The molecule has 4 aliphatic carbocycles. The second kappa shape index (κ2) is 8.96. The van der Waals surface area contributed by atoms with Gasteiger partial charge in [0, 0.05) is 0 Å². The molecule has 4 fully saturated rings. The topological polar surface area (TPSA) is 17.1 Å². The average Bonchev–Trinajstić information content (AvgIpc) is 2.39. The molecule has 0 bridgehead atoms. The zero-order chi connectivity index (χ0) is 18.1. The van der Waals surface area contributed by atoms with Crippen molar-refractivity contribution in [3.05, 3.63) is 19.3 Å². The number of hydrogen-bond donors (Lipinski definition) is 0. The molecular formula is C23H32I2O. The van der Waals surface area contributed by atoms with Crippen LogP contribution >= 0.6 is 45.2 Å². The zero-order valence-electron chi connectivity index (χ0n) is 15.8. The molecular weight excluding hydrogens is 546 g/mol. The van der Waals surface area contributed by atoms with Crippen LogP contribution in [-0.2, 0) is 4.79 Å². The van der Waals surface area contributed by atoms with Crippen LogP contribution in [0.3, 0.4) is 0 Å². The van der Waals surface area contributed by atoms with E-state index in [1.807, 2.05) is 12.2 Å². The van der Waals surface area contributed by atoms with Crippen molar-refractivity contribution < 1.29 is 4.79 Å². The van der Waals surface area contributed by atoms with E-state index in [4.69, 9.17) is 0 Å². The molecule has 4 rings (SSSR count). The lowest BCUT2D eigenvalue weighted by atomic mass is 9.67. The van der Waals surface area contributed by atoms with Gasteiger partial charge >= 0.3 is 0 Å². The van der Waals surface area contributed by atoms with E-state index in [9.17, 15) is 4.79 Å². The number of carbonyl (C=O) groups is 1. The summed E-state index contributed by atoms with van der Waals surface area (Å²) < 4.78 is 2.60. The summed E-state index contributed by atoms with van der Waals surface area (Å²) in [6, 6.07) is 0. The molecule has 0 N–H and O–H groups in total. The van der Waals surface area contributed by atoms with Gasteiger partial charge in [-0.05, 0) is 139 Å². The van der Waals surface area contributed by atoms with Crippen molar-refractivity contribution in [1.82, 2.24) is 0 Å². The third-order valence-corrected chi connectivity index (χ3v) is 9.98. The van der Waals surface area contributed by atoms with Crippen molar-refractivity contribution in [3.63, 3.8) is 0 Å². The van der Waals surface area contributed by atoms with Crippen molar-refractivity contribution in [3.8, 4) is 0 Å².